The predicted molar refractivity (Wildman–Crippen MR) is 80.5 cm³/mol. The molecule has 1 N–H and O–H groups in total. The molecule has 0 bridgehead atoms. The Hall–Kier alpha value is -1.90. The Kier molecular flexibility index (Phi) is 3.13. The van der Waals surface area contributed by atoms with Crippen LogP contribution >= 0.6 is 0 Å². The Labute approximate surface area is 124 Å². The van der Waals surface area contributed by atoms with Crippen molar-refractivity contribution in [2.75, 3.05) is 19.6 Å². The van der Waals surface area contributed by atoms with Crippen LogP contribution in [0.5, 0.6) is 0 Å². The molecule has 1 unspecified atom stereocenters. The third-order valence-corrected chi connectivity index (χ3v) is 4.58. The van der Waals surface area contributed by atoms with E-state index in [1.165, 1.54) is 18.4 Å². The van der Waals surface area contributed by atoms with Crippen LogP contribution in [0.2, 0.25) is 0 Å². The van der Waals surface area contributed by atoms with Crippen LogP contribution in [-0.4, -0.2) is 51.7 Å². The highest BCUT2D eigenvalue weighted by Crippen LogP contribution is 2.30. The molecule has 1 atom stereocenters. The Morgan fingerprint density at radius 1 is 1.33 bits per heavy atom. The minimum absolute atomic E-state index is 0.0575. The second kappa shape index (κ2) is 5.14. The van der Waals surface area contributed by atoms with E-state index in [0.29, 0.717) is 6.04 Å². The molecule has 0 radical (unpaired) electrons. The van der Waals surface area contributed by atoms with Gasteiger partial charge in [0.1, 0.15) is 6.04 Å². The fraction of sp³-hybridized carbons (Fsp3) is 0.500. The van der Waals surface area contributed by atoms with Crippen molar-refractivity contribution in [1.82, 2.24) is 20.0 Å². The largest absolute Gasteiger partial charge is 0.295 e. The second-order valence-electron chi connectivity index (χ2n) is 6.14. The molecule has 108 valence electrons. The highest BCUT2D eigenvalue weighted by atomic mass is 15.3. The zero-order valence-corrected chi connectivity index (χ0v) is 12.0. The first-order valence-electron chi connectivity index (χ1n) is 7.63. The van der Waals surface area contributed by atoms with E-state index in [4.69, 9.17) is 0 Å². The van der Waals surface area contributed by atoms with Crippen LogP contribution in [0.25, 0.3) is 10.9 Å². The minimum Gasteiger partial charge on any atom is -0.295 e. The van der Waals surface area contributed by atoms with Crippen molar-refractivity contribution >= 4 is 10.9 Å². The van der Waals surface area contributed by atoms with E-state index in [1.54, 1.807) is 0 Å². The fourth-order valence-electron chi connectivity index (χ4n) is 3.30. The van der Waals surface area contributed by atoms with Crippen molar-refractivity contribution in [1.29, 1.82) is 5.26 Å². The monoisotopic (exact) mass is 281 g/mol. The molecule has 1 aromatic carbocycles. The first-order chi connectivity index (χ1) is 10.3. The standard InChI is InChI=1S/C16H19N5/c17-8-15-11-20(5-6-21(15)14-3-4-14)10-12-1-2-13-9-18-19-16(13)7-12/h1-2,7,9,14-15H,3-6,10-11H2,(H,18,19). The van der Waals surface area contributed by atoms with Crippen LogP contribution < -0.4 is 0 Å². The molecule has 0 spiro atoms. The lowest BCUT2D eigenvalue weighted by Crippen LogP contribution is -2.52. The summed E-state index contributed by atoms with van der Waals surface area (Å²) in [6.07, 6.45) is 4.39. The number of aromatic nitrogens is 2. The predicted octanol–water partition coefficient (Wildman–Crippen LogP) is 1.74. The van der Waals surface area contributed by atoms with Gasteiger partial charge in [-0.1, -0.05) is 12.1 Å². The summed E-state index contributed by atoms with van der Waals surface area (Å²) in [5.74, 6) is 0. The summed E-state index contributed by atoms with van der Waals surface area (Å²) in [6, 6.07) is 9.65. The number of hydrogen-bond donors (Lipinski definition) is 1. The fourth-order valence-corrected chi connectivity index (χ4v) is 3.30. The molecule has 1 aromatic heterocycles. The average Bonchev–Trinajstić information content (AvgIpc) is 3.25. The zero-order chi connectivity index (χ0) is 14.2. The zero-order valence-electron chi connectivity index (χ0n) is 12.0. The van der Waals surface area contributed by atoms with Crippen molar-refractivity contribution in [2.24, 2.45) is 0 Å². The summed E-state index contributed by atoms with van der Waals surface area (Å²) >= 11 is 0. The molecule has 4 rings (SSSR count). The van der Waals surface area contributed by atoms with Gasteiger partial charge in [-0.15, -0.1) is 0 Å². The van der Waals surface area contributed by atoms with E-state index in [2.05, 4.69) is 44.3 Å². The van der Waals surface area contributed by atoms with Crippen molar-refractivity contribution in [3.05, 3.63) is 30.0 Å². The van der Waals surface area contributed by atoms with Crippen LogP contribution in [0, 0.1) is 11.3 Å². The Morgan fingerprint density at radius 3 is 3.05 bits per heavy atom. The summed E-state index contributed by atoms with van der Waals surface area (Å²) in [7, 11) is 0. The molecule has 1 aliphatic heterocycles. The topological polar surface area (TPSA) is 59.0 Å². The van der Waals surface area contributed by atoms with Gasteiger partial charge in [-0.05, 0) is 24.5 Å². The van der Waals surface area contributed by atoms with E-state index in [1.807, 2.05) is 6.20 Å². The molecule has 1 saturated heterocycles. The van der Waals surface area contributed by atoms with Crippen LogP contribution in [0.3, 0.4) is 0 Å². The number of piperazine rings is 1. The minimum atomic E-state index is 0.0575. The molecule has 0 amide bonds. The molecule has 1 saturated carbocycles. The van der Waals surface area contributed by atoms with Crippen LogP contribution in [0.15, 0.2) is 24.4 Å². The maximum absolute atomic E-state index is 9.40. The maximum atomic E-state index is 9.40. The average molecular weight is 281 g/mol. The number of nitrogens with one attached hydrogen (secondary N) is 1. The lowest BCUT2D eigenvalue weighted by atomic mass is 10.1. The molecule has 21 heavy (non-hydrogen) atoms. The summed E-state index contributed by atoms with van der Waals surface area (Å²) < 4.78 is 0. The number of fused-ring (bicyclic) bond motifs is 1. The molecule has 5 heteroatoms. The van der Waals surface area contributed by atoms with E-state index >= 15 is 0 Å². The maximum Gasteiger partial charge on any atom is 0.111 e. The summed E-state index contributed by atoms with van der Waals surface area (Å²) in [4.78, 5) is 4.79. The van der Waals surface area contributed by atoms with E-state index < -0.39 is 0 Å². The first-order valence-corrected chi connectivity index (χ1v) is 7.63. The van der Waals surface area contributed by atoms with Gasteiger partial charge >= 0.3 is 0 Å². The SMILES string of the molecule is N#CC1CN(Cc2ccc3cn[nH]c3c2)CCN1C1CC1. The van der Waals surface area contributed by atoms with Gasteiger partial charge in [-0.25, -0.2) is 0 Å². The third-order valence-electron chi connectivity index (χ3n) is 4.58. The van der Waals surface area contributed by atoms with Gasteiger partial charge in [0.2, 0.25) is 0 Å². The van der Waals surface area contributed by atoms with Gasteiger partial charge in [0.25, 0.3) is 0 Å². The molecular formula is C16H19N5. The highest BCUT2D eigenvalue weighted by Gasteiger charge is 2.37. The van der Waals surface area contributed by atoms with Crippen LogP contribution in [-0.2, 0) is 6.54 Å². The number of nitrogens with zero attached hydrogens (tertiary/aromatic N) is 4. The number of H-pyrrole nitrogens is 1. The molecule has 2 fully saturated rings. The smallest absolute Gasteiger partial charge is 0.111 e. The number of benzene rings is 1. The van der Waals surface area contributed by atoms with Gasteiger partial charge in [0.05, 0.1) is 17.8 Å². The van der Waals surface area contributed by atoms with Gasteiger partial charge in [0.15, 0.2) is 0 Å². The van der Waals surface area contributed by atoms with Crippen molar-refractivity contribution in [3.8, 4) is 6.07 Å². The first kappa shape index (κ1) is 12.8. The number of nitriles is 1. The van der Waals surface area contributed by atoms with Gasteiger partial charge in [-0.2, -0.15) is 10.4 Å². The van der Waals surface area contributed by atoms with Crippen molar-refractivity contribution in [3.63, 3.8) is 0 Å². The quantitative estimate of drug-likeness (QED) is 0.931. The Bertz CT molecular complexity index is 681. The molecule has 1 aliphatic carbocycles. The highest BCUT2D eigenvalue weighted by molar-refractivity contribution is 5.78. The van der Waals surface area contributed by atoms with Crippen molar-refractivity contribution < 1.29 is 0 Å². The summed E-state index contributed by atoms with van der Waals surface area (Å²) in [5.41, 5.74) is 2.37. The number of aromatic amines is 1. The lowest BCUT2D eigenvalue weighted by molar-refractivity contribution is 0.0898. The number of rotatable bonds is 3. The Morgan fingerprint density at radius 2 is 2.24 bits per heavy atom. The molecule has 2 heterocycles. The normalized spacial score (nSPS) is 24.2. The second-order valence-corrected chi connectivity index (χ2v) is 6.14. The van der Waals surface area contributed by atoms with E-state index in [9.17, 15) is 5.26 Å². The van der Waals surface area contributed by atoms with E-state index in [0.717, 1.165) is 37.1 Å². The van der Waals surface area contributed by atoms with Gasteiger partial charge in [0, 0.05) is 37.6 Å². The molecule has 5 nitrogen and oxygen atoms in total. The van der Waals surface area contributed by atoms with Gasteiger partial charge in [-0.3, -0.25) is 14.9 Å². The van der Waals surface area contributed by atoms with Crippen LogP contribution in [0.1, 0.15) is 18.4 Å². The summed E-state index contributed by atoms with van der Waals surface area (Å²) in [6.45, 7) is 3.84. The molecule has 2 aliphatic rings. The lowest BCUT2D eigenvalue weighted by Gasteiger charge is -2.38. The van der Waals surface area contributed by atoms with Crippen molar-refractivity contribution in [2.45, 2.75) is 31.5 Å². The molecule has 2 aromatic rings. The van der Waals surface area contributed by atoms with Gasteiger partial charge < -0.3 is 0 Å². The summed E-state index contributed by atoms with van der Waals surface area (Å²) in [5, 5.41) is 17.6. The number of hydrogen-bond acceptors (Lipinski definition) is 4. The third kappa shape index (κ3) is 2.53. The molecular weight excluding hydrogens is 262 g/mol. The van der Waals surface area contributed by atoms with E-state index in [-0.39, 0.29) is 6.04 Å². The Balaban J connectivity index is 1.46. The van der Waals surface area contributed by atoms with Crippen LogP contribution in [0.4, 0.5) is 0 Å².